The molecule has 2 aliphatic heterocycles. The lowest BCUT2D eigenvalue weighted by atomic mass is 9.76. The van der Waals surface area contributed by atoms with Crippen LogP contribution in [0, 0.1) is 11.8 Å². The number of amides is 1. The molecule has 25 heavy (non-hydrogen) atoms. The van der Waals surface area contributed by atoms with Gasteiger partial charge in [-0.15, -0.1) is 0 Å². The maximum atomic E-state index is 12.1. The molecule has 0 atom stereocenters. The fourth-order valence-corrected chi connectivity index (χ4v) is 3.87. The normalized spacial score (nSPS) is 28.0. The van der Waals surface area contributed by atoms with Crippen molar-refractivity contribution >= 4 is 17.8 Å². The minimum atomic E-state index is -0.490. The second-order valence-electron chi connectivity index (χ2n) is 8.44. The molecular formula is C18H28N2O5. The molecule has 2 heterocycles. The maximum absolute atomic E-state index is 12.1. The van der Waals surface area contributed by atoms with Crippen molar-refractivity contribution in [1.29, 1.82) is 0 Å². The molecule has 1 saturated carbocycles. The number of ether oxygens (including phenoxy) is 2. The van der Waals surface area contributed by atoms with E-state index in [0.29, 0.717) is 19.0 Å². The highest BCUT2D eigenvalue weighted by molar-refractivity contribution is 5.89. The number of carbonyl (C=O) groups is 2. The van der Waals surface area contributed by atoms with Crippen LogP contribution in [0.2, 0.25) is 0 Å². The van der Waals surface area contributed by atoms with Crippen LogP contribution >= 0.6 is 0 Å². The van der Waals surface area contributed by atoms with Crippen LogP contribution in [0.25, 0.3) is 0 Å². The summed E-state index contributed by atoms with van der Waals surface area (Å²) >= 11 is 0. The molecular weight excluding hydrogens is 324 g/mol. The smallest absolute Gasteiger partial charge is 0.410 e. The number of oxime groups is 1. The number of hydrogen-bond donors (Lipinski definition) is 0. The SMILES string of the molecule is COC(=O)C1CCC(C2=NOC3(C2)CN(C(=O)OC(C)(C)C)C3)CC1. The highest BCUT2D eigenvalue weighted by Crippen LogP contribution is 2.40. The molecule has 3 aliphatic rings. The van der Waals surface area contributed by atoms with E-state index >= 15 is 0 Å². The quantitative estimate of drug-likeness (QED) is 0.714. The Morgan fingerprint density at radius 3 is 2.40 bits per heavy atom. The fourth-order valence-electron chi connectivity index (χ4n) is 3.87. The summed E-state index contributed by atoms with van der Waals surface area (Å²) in [7, 11) is 1.44. The molecule has 0 bridgehead atoms. The largest absolute Gasteiger partial charge is 0.469 e. The first-order valence-corrected chi connectivity index (χ1v) is 9.02. The summed E-state index contributed by atoms with van der Waals surface area (Å²) in [5.41, 5.74) is 0.217. The number of hydrogen-bond acceptors (Lipinski definition) is 6. The molecule has 1 amide bonds. The Morgan fingerprint density at radius 2 is 1.84 bits per heavy atom. The third-order valence-corrected chi connectivity index (χ3v) is 5.20. The zero-order valence-electron chi connectivity index (χ0n) is 15.5. The molecule has 7 heteroatoms. The number of likely N-dealkylation sites (tertiary alicyclic amines) is 1. The third kappa shape index (κ3) is 3.90. The van der Waals surface area contributed by atoms with Gasteiger partial charge in [0.15, 0.2) is 5.60 Å². The maximum Gasteiger partial charge on any atom is 0.410 e. The van der Waals surface area contributed by atoms with Gasteiger partial charge in [-0.2, -0.15) is 0 Å². The molecule has 7 nitrogen and oxygen atoms in total. The molecule has 0 aromatic carbocycles. The fraction of sp³-hybridized carbons (Fsp3) is 0.833. The molecule has 0 unspecified atom stereocenters. The minimum Gasteiger partial charge on any atom is -0.469 e. The van der Waals surface area contributed by atoms with E-state index in [1.54, 1.807) is 4.90 Å². The van der Waals surface area contributed by atoms with Crippen LogP contribution in [0.5, 0.6) is 0 Å². The van der Waals surface area contributed by atoms with Gasteiger partial charge < -0.3 is 14.3 Å². The van der Waals surface area contributed by atoms with Gasteiger partial charge in [-0.1, -0.05) is 5.16 Å². The van der Waals surface area contributed by atoms with Crippen LogP contribution in [0.15, 0.2) is 5.16 Å². The highest BCUT2D eigenvalue weighted by Gasteiger charge is 2.53. The number of rotatable bonds is 2. The minimum absolute atomic E-state index is 0.0181. The summed E-state index contributed by atoms with van der Waals surface area (Å²) in [6, 6.07) is 0. The van der Waals surface area contributed by atoms with Crippen molar-refractivity contribution in [3.05, 3.63) is 0 Å². The van der Waals surface area contributed by atoms with Crippen LogP contribution in [0.1, 0.15) is 52.9 Å². The molecule has 0 radical (unpaired) electrons. The first-order valence-electron chi connectivity index (χ1n) is 9.02. The van der Waals surface area contributed by atoms with Crippen LogP contribution in [0.4, 0.5) is 4.79 Å². The van der Waals surface area contributed by atoms with Crippen LogP contribution < -0.4 is 0 Å². The van der Waals surface area contributed by atoms with Crippen molar-refractivity contribution in [2.24, 2.45) is 17.0 Å². The van der Waals surface area contributed by atoms with E-state index in [1.165, 1.54) is 7.11 Å². The molecule has 1 aliphatic carbocycles. The Balaban J connectivity index is 1.46. The molecule has 0 aromatic heterocycles. The second-order valence-corrected chi connectivity index (χ2v) is 8.44. The summed E-state index contributed by atoms with van der Waals surface area (Å²) < 4.78 is 10.2. The predicted molar refractivity (Wildman–Crippen MR) is 91.1 cm³/mol. The third-order valence-electron chi connectivity index (χ3n) is 5.20. The molecule has 0 aromatic rings. The van der Waals surface area contributed by atoms with Gasteiger partial charge in [0, 0.05) is 12.3 Å². The zero-order chi connectivity index (χ0) is 18.2. The Bertz CT molecular complexity index is 567. The molecule has 2 fully saturated rings. The highest BCUT2D eigenvalue weighted by atomic mass is 16.7. The van der Waals surface area contributed by atoms with E-state index in [2.05, 4.69) is 5.16 Å². The van der Waals surface area contributed by atoms with Gasteiger partial charge in [-0.25, -0.2) is 4.79 Å². The van der Waals surface area contributed by atoms with Crippen molar-refractivity contribution in [3.63, 3.8) is 0 Å². The van der Waals surface area contributed by atoms with Crippen molar-refractivity contribution < 1.29 is 23.9 Å². The van der Waals surface area contributed by atoms with E-state index in [9.17, 15) is 9.59 Å². The first-order chi connectivity index (χ1) is 11.7. The predicted octanol–water partition coefficient (Wildman–Crippen LogP) is 2.73. The van der Waals surface area contributed by atoms with E-state index in [1.807, 2.05) is 20.8 Å². The summed E-state index contributed by atoms with van der Waals surface area (Å²) in [6.07, 6.45) is 4.02. The number of esters is 1. The van der Waals surface area contributed by atoms with Crippen molar-refractivity contribution in [2.45, 2.75) is 64.1 Å². The van der Waals surface area contributed by atoms with Gasteiger partial charge in [0.05, 0.1) is 31.8 Å². The average molecular weight is 352 g/mol. The Labute approximate surface area is 148 Å². The van der Waals surface area contributed by atoms with Gasteiger partial charge in [-0.3, -0.25) is 9.69 Å². The lowest BCUT2D eigenvalue weighted by Gasteiger charge is -2.45. The standard InChI is InChI=1S/C18H28N2O5/c1-17(2,3)24-16(22)20-10-18(11-20)9-14(19-25-18)12-5-7-13(8-6-12)15(21)23-4/h12-13H,5-11H2,1-4H3. The lowest BCUT2D eigenvalue weighted by molar-refractivity contribution is -0.146. The average Bonchev–Trinajstić information content (AvgIpc) is 2.97. The number of nitrogens with zero attached hydrogens (tertiary/aromatic N) is 2. The van der Waals surface area contributed by atoms with Crippen molar-refractivity contribution in [2.75, 3.05) is 20.2 Å². The molecule has 140 valence electrons. The molecule has 3 rings (SSSR count). The van der Waals surface area contributed by atoms with Gasteiger partial charge in [-0.05, 0) is 46.5 Å². The Kier molecular flexibility index (Phi) is 4.68. The summed E-state index contributed by atoms with van der Waals surface area (Å²) in [5, 5.41) is 4.31. The second kappa shape index (κ2) is 6.50. The monoisotopic (exact) mass is 352 g/mol. The molecule has 0 N–H and O–H groups in total. The van der Waals surface area contributed by atoms with Gasteiger partial charge in [0.2, 0.25) is 0 Å². The van der Waals surface area contributed by atoms with E-state index in [0.717, 1.165) is 37.8 Å². The molecule has 1 spiro atoms. The zero-order valence-corrected chi connectivity index (χ0v) is 15.5. The summed E-state index contributed by atoms with van der Waals surface area (Å²) in [4.78, 5) is 31.0. The van der Waals surface area contributed by atoms with Gasteiger partial charge in [0.1, 0.15) is 5.60 Å². The Morgan fingerprint density at radius 1 is 1.20 bits per heavy atom. The number of methoxy groups -OCH3 is 1. The molecule has 1 saturated heterocycles. The first kappa shape index (κ1) is 18.0. The van der Waals surface area contributed by atoms with Crippen molar-refractivity contribution in [3.8, 4) is 0 Å². The van der Waals surface area contributed by atoms with Crippen molar-refractivity contribution in [1.82, 2.24) is 4.90 Å². The summed E-state index contributed by atoms with van der Waals surface area (Å²) in [5.74, 6) is 0.284. The van der Waals surface area contributed by atoms with Crippen LogP contribution in [-0.2, 0) is 19.1 Å². The van der Waals surface area contributed by atoms with Gasteiger partial charge in [0.25, 0.3) is 0 Å². The lowest BCUT2D eigenvalue weighted by Crippen LogP contribution is -2.64. The summed E-state index contributed by atoms with van der Waals surface area (Å²) in [6.45, 7) is 6.62. The number of carbonyl (C=O) groups excluding carboxylic acids is 2. The van der Waals surface area contributed by atoms with Gasteiger partial charge >= 0.3 is 12.1 Å². The van der Waals surface area contributed by atoms with Crippen LogP contribution in [0.3, 0.4) is 0 Å². The van der Waals surface area contributed by atoms with E-state index in [-0.39, 0.29) is 23.6 Å². The topological polar surface area (TPSA) is 77.4 Å². The van der Waals surface area contributed by atoms with E-state index in [4.69, 9.17) is 14.3 Å². The van der Waals surface area contributed by atoms with Crippen LogP contribution in [-0.4, -0.2) is 54.1 Å². The van der Waals surface area contributed by atoms with E-state index < -0.39 is 5.60 Å². The Hall–Kier alpha value is -1.79.